The quantitative estimate of drug-likeness (QED) is 0.119. The first-order valence-electron chi connectivity index (χ1n) is 51.0. The van der Waals surface area contributed by atoms with Crippen LogP contribution in [-0.2, 0) is 0 Å². The van der Waals surface area contributed by atoms with Crippen LogP contribution in [0.5, 0.6) is 0 Å². The maximum absolute atomic E-state index is 3.56. The van der Waals surface area contributed by atoms with Gasteiger partial charge in [-0.2, -0.15) is 0 Å². The molecule has 16 fully saturated rings. The normalized spacial score (nSPS) is 44.0. The van der Waals surface area contributed by atoms with Crippen LogP contribution in [0.15, 0.2) is 46.6 Å². The molecule has 604 valence electrons. The van der Waals surface area contributed by atoms with Gasteiger partial charge in [0.15, 0.2) is 0 Å². The fourth-order valence-electron chi connectivity index (χ4n) is 31.8. The van der Waals surface area contributed by atoms with Crippen molar-refractivity contribution in [1.82, 2.24) is 9.80 Å². The lowest BCUT2D eigenvalue weighted by Crippen LogP contribution is -2.61. The number of hydrogen-bond donors (Lipinski definition) is 0. The van der Waals surface area contributed by atoms with Gasteiger partial charge < -0.3 is 0 Å². The molecule has 16 saturated carbocycles. The van der Waals surface area contributed by atoms with E-state index in [2.05, 4.69) is 68.7 Å². The molecule has 107 heavy (non-hydrogen) atoms. The summed E-state index contributed by atoms with van der Waals surface area (Å²) in [7, 11) is 0. The molecule has 0 radical (unpaired) electrons. The number of hydrogen-bond acceptors (Lipinski definition) is 2. The Labute approximate surface area is 663 Å². The van der Waals surface area contributed by atoms with E-state index in [0.717, 1.165) is 172 Å². The molecule has 9 atom stereocenters. The standard InChI is InChI=1S/C105H174N2/c1-73-33-49-86(50-34-73)99(82-22-10-6-11-23-82)69-78-41-57-90(58-42-78)106(91-59-43-79(44-60-91)70-100(83-24-12-7-13-25-83)87-51-35-74(2)36-52-87)103-67-65-95(94-30-18-19-31-96(94)103)97-66-68-104(98-32-20-21-77(5)105(97)98)107(92-61-45-80(46-62-92)71-101(84-26-14-8-15-27-84)88-53-37-75(3)38-54-88)93-63-47-81(48-64-93)72-102(85-28-16-9-17-29-85)89-55-39-76(4)40-56-89/h69-98,103-105H,6-68H2,1-5H3/b99-69+,100-70+,101-71+,102-72+. The van der Waals surface area contributed by atoms with Crippen molar-refractivity contribution < 1.29 is 0 Å². The average Bonchev–Trinajstić information content (AvgIpc) is 0.739. The summed E-state index contributed by atoms with van der Waals surface area (Å²) < 4.78 is 0. The van der Waals surface area contributed by atoms with Crippen LogP contribution in [0.4, 0.5) is 0 Å². The molecule has 0 aromatic rings. The Morgan fingerprint density at radius 1 is 0.187 bits per heavy atom. The molecule has 2 nitrogen and oxygen atoms in total. The summed E-state index contributed by atoms with van der Waals surface area (Å²) >= 11 is 0. The molecule has 0 N–H and O–H groups in total. The summed E-state index contributed by atoms with van der Waals surface area (Å²) in [5.41, 5.74) is 8.09. The van der Waals surface area contributed by atoms with Gasteiger partial charge in [0.05, 0.1) is 0 Å². The Morgan fingerprint density at radius 2 is 0.430 bits per heavy atom. The van der Waals surface area contributed by atoms with Gasteiger partial charge in [-0.3, -0.25) is 9.80 Å². The maximum Gasteiger partial charge on any atom is 0.0132 e. The van der Waals surface area contributed by atoms with Crippen molar-refractivity contribution in [3.63, 3.8) is 0 Å². The molecule has 0 aliphatic heterocycles. The van der Waals surface area contributed by atoms with Gasteiger partial charge in [0.1, 0.15) is 0 Å². The molecular weight excluding hydrogens is 1290 g/mol. The zero-order valence-corrected chi connectivity index (χ0v) is 71.5. The second-order valence-electron chi connectivity index (χ2n) is 44.4. The lowest BCUT2D eigenvalue weighted by molar-refractivity contribution is -0.110. The fourth-order valence-corrected chi connectivity index (χ4v) is 31.8. The molecule has 9 unspecified atom stereocenters. The monoisotopic (exact) mass is 1460 g/mol. The molecule has 0 amide bonds. The Hall–Kier alpha value is -1.12. The van der Waals surface area contributed by atoms with Gasteiger partial charge in [0.25, 0.3) is 0 Å². The lowest BCUT2D eigenvalue weighted by Gasteiger charge is -2.61. The highest BCUT2D eigenvalue weighted by atomic mass is 15.2. The average molecular weight is 1460 g/mol. The smallest absolute Gasteiger partial charge is 0.0132 e. The summed E-state index contributed by atoms with van der Waals surface area (Å²) in [4.78, 5) is 7.12. The van der Waals surface area contributed by atoms with E-state index >= 15 is 0 Å². The largest absolute Gasteiger partial charge is 0.294 e. The fraction of sp³-hybridized carbons (Fsp3) is 0.924. The Kier molecular flexibility index (Phi) is 28.9. The minimum Gasteiger partial charge on any atom is -0.294 e. The Morgan fingerprint density at radius 3 is 0.738 bits per heavy atom. The van der Waals surface area contributed by atoms with Gasteiger partial charge in [-0.1, -0.05) is 235 Å². The minimum atomic E-state index is 0.827. The highest BCUT2D eigenvalue weighted by Gasteiger charge is 2.55. The Bertz CT molecular complexity index is 2590. The van der Waals surface area contributed by atoms with Crippen molar-refractivity contribution >= 4 is 0 Å². The van der Waals surface area contributed by atoms with E-state index in [1.54, 1.807) is 44.9 Å². The van der Waals surface area contributed by atoms with E-state index in [-0.39, 0.29) is 0 Å². The minimum absolute atomic E-state index is 0.827. The highest BCUT2D eigenvalue weighted by molar-refractivity contribution is 5.21. The molecule has 0 spiro atoms. The van der Waals surface area contributed by atoms with Crippen molar-refractivity contribution in [2.75, 3.05) is 0 Å². The lowest BCUT2D eigenvalue weighted by atomic mass is 9.51. The molecule has 16 rings (SSSR count). The molecule has 2 heteroatoms. The molecule has 0 aromatic carbocycles. The van der Waals surface area contributed by atoms with Gasteiger partial charge in [-0.25, -0.2) is 0 Å². The highest BCUT2D eigenvalue weighted by Crippen LogP contribution is 2.60. The third-order valence-corrected chi connectivity index (χ3v) is 37.8. The molecule has 0 heterocycles. The molecule has 0 aromatic heterocycles. The summed E-state index contributed by atoms with van der Waals surface area (Å²) in [5.74, 6) is 21.2. The van der Waals surface area contributed by atoms with E-state index in [1.165, 1.54) is 360 Å². The first-order chi connectivity index (χ1) is 52.6. The van der Waals surface area contributed by atoms with Gasteiger partial charge in [0.2, 0.25) is 0 Å². The zero-order chi connectivity index (χ0) is 72.6. The SMILES string of the molecule is CC1CCC(/C(=C/C2CCC(N(C3CCC(/C=C(\C4CCCCC4)C4CCC(C)CC4)CC3)C3CCC(C4CCC(N(C5CCC(/C=C(\C6CCCCC6)C6CCC(C)CC6)CC5)C5CCC(/C=C(\C6CCCCC6)C6CCC(C)CC6)CC5)C5CCCC(C)C45)C4CCCCC43)CC2)C2CCCCC2)CC1. The van der Waals surface area contributed by atoms with Crippen molar-refractivity contribution in [1.29, 1.82) is 0 Å². The van der Waals surface area contributed by atoms with E-state index in [4.69, 9.17) is 0 Å². The van der Waals surface area contributed by atoms with Crippen molar-refractivity contribution in [2.45, 2.75) is 475 Å². The first-order valence-corrected chi connectivity index (χ1v) is 51.0. The summed E-state index contributed by atoms with van der Waals surface area (Å²) in [5, 5.41) is 0. The molecule has 16 aliphatic carbocycles. The van der Waals surface area contributed by atoms with Gasteiger partial charge >= 0.3 is 0 Å². The molecular formula is C105H174N2. The third-order valence-electron chi connectivity index (χ3n) is 37.8. The molecule has 16 aliphatic rings. The van der Waals surface area contributed by atoms with Crippen LogP contribution < -0.4 is 0 Å². The number of rotatable bonds is 19. The number of nitrogens with zero attached hydrogens (tertiary/aromatic N) is 2. The van der Waals surface area contributed by atoms with Crippen molar-refractivity contribution in [3.8, 4) is 0 Å². The Balaban J connectivity index is 0.657. The van der Waals surface area contributed by atoms with Crippen molar-refractivity contribution in [3.05, 3.63) is 46.6 Å². The van der Waals surface area contributed by atoms with Crippen LogP contribution >= 0.6 is 0 Å². The van der Waals surface area contributed by atoms with Crippen LogP contribution in [0.3, 0.4) is 0 Å². The maximum atomic E-state index is 3.56. The molecule has 0 bridgehead atoms. The molecule has 0 saturated heterocycles. The summed E-state index contributed by atoms with van der Waals surface area (Å²) in [6.07, 6.45) is 107. The second kappa shape index (κ2) is 38.8. The van der Waals surface area contributed by atoms with E-state index < -0.39 is 0 Å². The predicted octanol–water partition coefficient (Wildman–Crippen LogP) is 30.6. The van der Waals surface area contributed by atoms with E-state index in [9.17, 15) is 0 Å². The first kappa shape index (κ1) is 79.7. The van der Waals surface area contributed by atoms with Crippen LogP contribution in [0.25, 0.3) is 0 Å². The van der Waals surface area contributed by atoms with E-state index in [0.29, 0.717) is 0 Å². The van der Waals surface area contributed by atoms with Crippen LogP contribution in [0.1, 0.15) is 439 Å². The number of allylic oxidation sites excluding steroid dienone is 8. The summed E-state index contributed by atoms with van der Waals surface area (Å²) in [6.45, 7) is 13.1. The van der Waals surface area contributed by atoms with Crippen molar-refractivity contribution in [2.24, 2.45) is 136 Å². The van der Waals surface area contributed by atoms with Gasteiger partial charge in [-0.05, 0) is 387 Å². The van der Waals surface area contributed by atoms with Gasteiger partial charge in [-0.15, -0.1) is 0 Å². The zero-order valence-electron chi connectivity index (χ0n) is 71.5. The second-order valence-corrected chi connectivity index (χ2v) is 44.4. The van der Waals surface area contributed by atoms with Gasteiger partial charge in [0, 0.05) is 36.3 Å². The predicted molar refractivity (Wildman–Crippen MR) is 458 cm³/mol. The summed E-state index contributed by atoms with van der Waals surface area (Å²) in [6, 6.07) is 5.01. The van der Waals surface area contributed by atoms with Crippen LogP contribution in [0.2, 0.25) is 0 Å². The number of fused-ring (bicyclic) bond motifs is 2. The topological polar surface area (TPSA) is 6.48 Å². The third kappa shape index (κ3) is 19.6. The van der Waals surface area contributed by atoms with E-state index in [1.807, 2.05) is 22.3 Å². The van der Waals surface area contributed by atoms with Crippen LogP contribution in [0, 0.1) is 136 Å². The van der Waals surface area contributed by atoms with Crippen LogP contribution in [-0.4, -0.2) is 46.1 Å².